The Morgan fingerprint density at radius 1 is 1.04 bits per heavy atom. The van der Waals surface area contributed by atoms with Crippen molar-refractivity contribution in [2.45, 2.75) is 90.6 Å². The normalized spacial score (nSPS) is 55.9. The Morgan fingerprint density at radius 3 is 2.57 bits per heavy atom. The van der Waals surface area contributed by atoms with Gasteiger partial charge in [-0.3, -0.25) is 4.79 Å². The van der Waals surface area contributed by atoms with Gasteiger partial charge < -0.3 is 5.11 Å². The quantitative estimate of drug-likeness (QED) is 0.758. The number of hydrogen-bond acceptors (Lipinski definition) is 2. The SMILES string of the molecule is CC[C@]1(O)CC[C@@]2(C)[C@@H](CC[C@@H]3[C@H]2CC[C@]2(C)C(=O)CC[C@H]32)C1. The van der Waals surface area contributed by atoms with Gasteiger partial charge >= 0.3 is 0 Å². The summed E-state index contributed by atoms with van der Waals surface area (Å²) in [6.45, 7) is 6.95. The van der Waals surface area contributed by atoms with Crippen LogP contribution >= 0.6 is 0 Å². The fraction of sp³-hybridized carbons (Fsp3) is 0.952. The van der Waals surface area contributed by atoms with Crippen LogP contribution in [0.25, 0.3) is 0 Å². The van der Waals surface area contributed by atoms with E-state index in [9.17, 15) is 9.90 Å². The average Bonchev–Trinajstić information content (AvgIpc) is 2.84. The van der Waals surface area contributed by atoms with Crippen LogP contribution in [0.2, 0.25) is 0 Å². The van der Waals surface area contributed by atoms with Crippen LogP contribution in [0, 0.1) is 34.5 Å². The van der Waals surface area contributed by atoms with E-state index in [4.69, 9.17) is 0 Å². The highest BCUT2D eigenvalue weighted by Gasteiger charge is 2.61. The van der Waals surface area contributed by atoms with Crippen molar-refractivity contribution in [3.05, 3.63) is 0 Å². The van der Waals surface area contributed by atoms with Crippen LogP contribution < -0.4 is 0 Å². The number of hydrogen-bond donors (Lipinski definition) is 1. The lowest BCUT2D eigenvalue weighted by Gasteiger charge is -2.61. The molecule has 4 saturated carbocycles. The number of rotatable bonds is 1. The molecule has 4 fully saturated rings. The minimum Gasteiger partial charge on any atom is -0.390 e. The Kier molecular flexibility index (Phi) is 3.55. The number of fused-ring (bicyclic) bond motifs is 5. The molecule has 0 aromatic rings. The highest BCUT2D eigenvalue weighted by atomic mass is 16.3. The molecule has 1 N–H and O–H groups in total. The van der Waals surface area contributed by atoms with Crippen LogP contribution in [-0.2, 0) is 4.79 Å². The Bertz CT molecular complexity index is 514. The van der Waals surface area contributed by atoms with Gasteiger partial charge in [0.25, 0.3) is 0 Å². The van der Waals surface area contributed by atoms with Crippen LogP contribution in [0.1, 0.15) is 85.0 Å². The molecule has 0 heterocycles. The monoisotopic (exact) mass is 318 g/mol. The van der Waals surface area contributed by atoms with Crippen molar-refractivity contribution in [3.63, 3.8) is 0 Å². The summed E-state index contributed by atoms with van der Waals surface area (Å²) < 4.78 is 0. The predicted molar refractivity (Wildman–Crippen MR) is 92.0 cm³/mol. The first kappa shape index (κ1) is 16.1. The van der Waals surface area contributed by atoms with E-state index >= 15 is 0 Å². The summed E-state index contributed by atoms with van der Waals surface area (Å²) in [7, 11) is 0. The summed E-state index contributed by atoms with van der Waals surface area (Å²) in [6, 6.07) is 0. The van der Waals surface area contributed by atoms with Crippen LogP contribution in [0.4, 0.5) is 0 Å². The minimum atomic E-state index is -0.399. The van der Waals surface area contributed by atoms with Gasteiger partial charge in [-0.1, -0.05) is 20.8 Å². The van der Waals surface area contributed by atoms with Crippen molar-refractivity contribution in [2.24, 2.45) is 34.5 Å². The second kappa shape index (κ2) is 5.07. The van der Waals surface area contributed by atoms with Gasteiger partial charge in [0.1, 0.15) is 5.78 Å². The van der Waals surface area contributed by atoms with Crippen molar-refractivity contribution in [1.29, 1.82) is 0 Å². The smallest absolute Gasteiger partial charge is 0.139 e. The number of carbonyl (C=O) groups is 1. The van der Waals surface area contributed by atoms with E-state index in [0.717, 1.165) is 50.4 Å². The minimum absolute atomic E-state index is 0.00316. The first-order chi connectivity index (χ1) is 10.8. The van der Waals surface area contributed by atoms with Crippen LogP contribution in [0.15, 0.2) is 0 Å². The molecule has 4 aliphatic carbocycles. The van der Waals surface area contributed by atoms with Crippen LogP contribution in [0.3, 0.4) is 0 Å². The fourth-order valence-corrected chi connectivity index (χ4v) is 7.41. The van der Waals surface area contributed by atoms with Gasteiger partial charge in [-0.2, -0.15) is 0 Å². The third-order valence-corrected chi connectivity index (χ3v) is 9.19. The zero-order valence-electron chi connectivity index (χ0n) is 15.2. The summed E-state index contributed by atoms with van der Waals surface area (Å²) in [5.41, 5.74) is 0.0178. The lowest BCUT2D eigenvalue weighted by molar-refractivity contribution is -0.154. The van der Waals surface area contributed by atoms with Gasteiger partial charge in [-0.25, -0.2) is 0 Å². The molecular weight excluding hydrogens is 284 g/mol. The third kappa shape index (κ3) is 2.12. The van der Waals surface area contributed by atoms with Gasteiger partial charge in [-0.05, 0) is 86.9 Å². The Labute approximate surface area is 141 Å². The molecule has 0 unspecified atom stereocenters. The highest BCUT2D eigenvalue weighted by Crippen LogP contribution is 2.66. The summed E-state index contributed by atoms with van der Waals surface area (Å²) in [4.78, 5) is 12.5. The second-order valence-corrected chi connectivity index (χ2v) is 9.86. The Balaban J connectivity index is 1.61. The molecule has 4 aliphatic rings. The van der Waals surface area contributed by atoms with Crippen molar-refractivity contribution in [2.75, 3.05) is 0 Å². The van der Waals surface area contributed by atoms with Crippen molar-refractivity contribution in [3.8, 4) is 0 Å². The van der Waals surface area contributed by atoms with E-state index < -0.39 is 5.60 Å². The maximum atomic E-state index is 12.5. The third-order valence-electron chi connectivity index (χ3n) is 9.19. The average molecular weight is 319 g/mol. The van der Waals surface area contributed by atoms with Gasteiger partial charge in [0, 0.05) is 11.8 Å². The molecule has 0 aromatic carbocycles. The summed E-state index contributed by atoms with van der Waals surface area (Å²) in [5, 5.41) is 10.8. The first-order valence-electron chi connectivity index (χ1n) is 10.1. The van der Waals surface area contributed by atoms with E-state index in [1.165, 1.54) is 25.7 Å². The van der Waals surface area contributed by atoms with E-state index in [-0.39, 0.29) is 5.41 Å². The molecule has 2 nitrogen and oxygen atoms in total. The predicted octanol–water partition coefficient (Wildman–Crippen LogP) is 4.74. The summed E-state index contributed by atoms with van der Waals surface area (Å²) in [6.07, 6.45) is 11.0. The van der Waals surface area contributed by atoms with Crippen LogP contribution in [0.5, 0.6) is 0 Å². The standard InChI is InChI=1S/C21H34O2/c1-4-21(23)12-11-19(2)14(13-21)5-6-15-16-7-8-18(22)20(16,3)10-9-17(15)19/h14-17,23H,4-13H2,1-3H3/t14-,15-,16+,17+,19-,20-,21-/m0/s1. The molecule has 7 atom stereocenters. The number of Topliss-reactive ketones (excluding diaryl/α,β-unsaturated/α-hetero) is 1. The summed E-state index contributed by atoms with van der Waals surface area (Å²) >= 11 is 0. The van der Waals surface area contributed by atoms with E-state index in [2.05, 4.69) is 20.8 Å². The van der Waals surface area contributed by atoms with E-state index in [0.29, 0.717) is 23.0 Å². The molecule has 0 amide bonds. The van der Waals surface area contributed by atoms with Gasteiger partial charge in [0.15, 0.2) is 0 Å². The molecule has 0 saturated heterocycles. The molecule has 130 valence electrons. The Morgan fingerprint density at radius 2 is 1.83 bits per heavy atom. The largest absolute Gasteiger partial charge is 0.390 e. The highest BCUT2D eigenvalue weighted by molar-refractivity contribution is 5.87. The van der Waals surface area contributed by atoms with E-state index in [1.54, 1.807) is 0 Å². The number of ketones is 1. The van der Waals surface area contributed by atoms with Crippen molar-refractivity contribution >= 4 is 5.78 Å². The maximum absolute atomic E-state index is 12.5. The number of carbonyl (C=O) groups excluding carboxylic acids is 1. The van der Waals surface area contributed by atoms with Gasteiger partial charge in [-0.15, -0.1) is 0 Å². The van der Waals surface area contributed by atoms with Crippen molar-refractivity contribution in [1.82, 2.24) is 0 Å². The second-order valence-electron chi connectivity index (χ2n) is 9.86. The molecule has 0 aromatic heterocycles. The molecule has 4 rings (SSSR count). The first-order valence-corrected chi connectivity index (χ1v) is 10.1. The topological polar surface area (TPSA) is 37.3 Å². The zero-order valence-corrected chi connectivity index (χ0v) is 15.2. The molecule has 0 spiro atoms. The molecule has 0 bridgehead atoms. The summed E-state index contributed by atoms with van der Waals surface area (Å²) in [5.74, 6) is 3.47. The molecule has 0 radical (unpaired) electrons. The fourth-order valence-electron chi connectivity index (χ4n) is 7.41. The van der Waals surface area contributed by atoms with Gasteiger partial charge in [0.05, 0.1) is 5.60 Å². The molecular formula is C21H34O2. The molecule has 0 aliphatic heterocycles. The lowest BCUT2D eigenvalue weighted by Crippen LogP contribution is -2.55. The number of aliphatic hydroxyl groups is 1. The van der Waals surface area contributed by atoms with Crippen molar-refractivity contribution < 1.29 is 9.90 Å². The van der Waals surface area contributed by atoms with Gasteiger partial charge in [0.2, 0.25) is 0 Å². The van der Waals surface area contributed by atoms with Crippen LogP contribution in [-0.4, -0.2) is 16.5 Å². The zero-order chi connectivity index (χ0) is 16.5. The van der Waals surface area contributed by atoms with E-state index in [1.807, 2.05) is 0 Å². The Hall–Kier alpha value is -0.370. The molecule has 2 heteroatoms. The maximum Gasteiger partial charge on any atom is 0.139 e. The molecule has 23 heavy (non-hydrogen) atoms. The lowest BCUT2D eigenvalue weighted by atomic mass is 9.44.